The molecule has 0 spiro atoms. The van der Waals surface area contributed by atoms with Crippen LogP contribution < -0.4 is 5.32 Å². The molecule has 2 aliphatic carbocycles. The molecule has 6 nitrogen and oxygen atoms in total. The molecule has 1 N–H and O–H groups in total. The second-order valence-corrected chi connectivity index (χ2v) is 4.92. The molecule has 2 bridgehead atoms. The van der Waals surface area contributed by atoms with Gasteiger partial charge in [-0.1, -0.05) is 12.2 Å². The Hall–Kier alpha value is -1.85. The van der Waals surface area contributed by atoms with Crippen LogP contribution in [0.2, 0.25) is 0 Å². The van der Waals surface area contributed by atoms with Gasteiger partial charge in [-0.05, 0) is 12.3 Å². The lowest BCUT2D eigenvalue weighted by Gasteiger charge is -2.36. The van der Waals surface area contributed by atoms with Crippen molar-refractivity contribution in [1.82, 2.24) is 5.32 Å². The molecular weight excluding hydrogens is 250 g/mol. The third kappa shape index (κ3) is 1.74. The summed E-state index contributed by atoms with van der Waals surface area (Å²) >= 11 is 0. The van der Waals surface area contributed by atoms with E-state index in [0.29, 0.717) is 6.42 Å². The Morgan fingerprint density at radius 1 is 1.16 bits per heavy atom. The van der Waals surface area contributed by atoms with Crippen LogP contribution in [0, 0.1) is 17.3 Å². The summed E-state index contributed by atoms with van der Waals surface area (Å²) in [5, 5.41) is 2.70. The first kappa shape index (κ1) is 13.6. The zero-order valence-electron chi connectivity index (χ0n) is 11.1. The highest BCUT2D eigenvalue weighted by atomic mass is 16.5. The van der Waals surface area contributed by atoms with E-state index in [-0.39, 0.29) is 17.7 Å². The number of amides is 1. The van der Waals surface area contributed by atoms with E-state index in [1.165, 1.54) is 21.1 Å². The molecule has 19 heavy (non-hydrogen) atoms. The van der Waals surface area contributed by atoms with E-state index in [1.54, 1.807) is 0 Å². The maximum Gasteiger partial charge on any atom is 0.326 e. The van der Waals surface area contributed by atoms with Gasteiger partial charge in [0.15, 0.2) is 5.41 Å². The van der Waals surface area contributed by atoms with Crippen molar-refractivity contribution >= 4 is 17.8 Å². The van der Waals surface area contributed by atoms with E-state index in [0.717, 1.165) is 0 Å². The van der Waals surface area contributed by atoms with Gasteiger partial charge in [-0.3, -0.25) is 14.4 Å². The molecule has 0 aromatic rings. The van der Waals surface area contributed by atoms with Crippen molar-refractivity contribution in [2.75, 3.05) is 14.2 Å². The Morgan fingerprint density at radius 3 is 2.21 bits per heavy atom. The minimum atomic E-state index is -1.46. The van der Waals surface area contributed by atoms with Crippen LogP contribution in [0.4, 0.5) is 0 Å². The average Bonchev–Trinajstić information content (AvgIpc) is 2.96. The second-order valence-electron chi connectivity index (χ2n) is 4.92. The van der Waals surface area contributed by atoms with Gasteiger partial charge in [0, 0.05) is 12.8 Å². The predicted molar refractivity (Wildman–Crippen MR) is 64.8 cm³/mol. The lowest BCUT2D eigenvalue weighted by Crippen LogP contribution is -2.59. The summed E-state index contributed by atoms with van der Waals surface area (Å²) < 4.78 is 9.60. The Balaban J connectivity index is 2.49. The molecule has 3 atom stereocenters. The molecule has 0 heterocycles. The fourth-order valence-electron chi connectivity index (χ4n) is 3.30. The minimum absolute atomic E-state index is 0.0490. The van der Waals surface area contributed by atoms with Crippen molar-refractivity contribution in [2.45, 2.75) is 19.4 Å². The van der Waals surface area contributed by atoms with Crippen LogP contribution in [0.3, 0.4) is 0 Å². The van der Waals surface area contributed by atoms with E-state index in [2.05, 4.69) is 5.32 Å². The average molecular weight is 267 g/mol. The topological polar surface area (TPSA) is 81.7 Å². The number of ether oxygens (including phenoxy) is 2. The Kier molecular flexibility index (Phi) is 3.34. The van der Waals surface area contributed by atoms with E-state index in [4.69, 9.17) is 9.47 Å². The Labute approximate surface area is 111 Å². The molecule has 2 aliphatic rings. The van der Waals surface area contributed by atoms with Crippen LogP contribution in [0.1, 0.15) is 13.3 Å². The molecule has 1 amide bonds. The quantitative estimate of drug-likeness (QED) is 0.443. The van der Waals surface area contributed by atoms with Crippen molar-refractivity contribution in [3.63, 3.8) is 0 Å². The van der Waals surface area contributed by atoms with Gasteiger partial charge in [-0.25, -0.2) is 0 Å². The second kappa shape index (κ2) is 4.68. The highest BCUT2D eigenvalue weighted by molar-refractivity contribution is 6.03. The summed E-state index contributed by atoms with van der Waals surface area (Å²) in [7, 11) is 2.46. The number of nitrogens with one attached hydrogen (secondary N) is 1. The van der Waals surface area contributed by atoms with Crippen LogP contribution in [0.25, 0.3) is 0 Å². The lowest BCUT2D eigenvalue weighted by molar-refractivity contribution is -0.173. The van der Waals surface area contributed by atoms with Crippen LogP contribution >= 0.6 is 0 Å². The highest BCUT2D eigenvalue weighted by Crippen LogP contribution is 2.53. The molecule has 2 rings (SSSR count). The number of methoxy groups -OCH3 is 2. The smallest absolute Gasteiger partial charge is 0.326 e. The van der Waals surface area contributed by atoms with Gasteiger partial charge >= 0.3 is 11.9 Å². The van der Waals surface area contributed by atoms with E-state index >= 15 is 0 Å². The van der Waals surface area contributed by atoms with Crippen molar-refractivity contribution in [3.8, 4) is 0 Å². The largest absolute Gasteiger partial charge is 0.468 e. The number of carbonyl (C=O) groups is 3. The highest BCUT2D eigenvalue weighted by Gasteiger charge is 2.67. The maximum atomic E-state index is 12.2. The minimum Gasteiger partial charge on any atom is -0.468 e. The number of rotatable bonds is 3. The normalized spacial score (nSPS) is 29.9. The lowest BCUT2D eigenvalue weighted by atomic mass is 9.72. The van der Waals surface area contributed by atoms with Crippen LogP contribution in [0.5, 0.6) is 0 Å². The van der Waals surface area contributed by atoms with Gasteiger partial charge < -0.3 is 14.8 Å². The summed E-state index contributed by atoms with van der Waals surface area (Å²) in [5.41, 5.74) is -1.46. The number of carbonyl (C=O) groups excluding carboxylic acids is 3. The standard InChI is InChI=1S/C13H17NO5/c1-7(15)14-10-8-4-5-9(6-8)13(10,11(16)18-2)12(17)19-3/h4-5,8-10H,6H2,1-3H3,(H,14,15)/t8-,9+,10?/m1/s1. The van der Waals surface area contributed by atoms with Gasteiger partial charge in [0.2, 0.25) is 5.91 Å². The molecule has 6 heteroatoms. The number of fused-ring (bicyclic) bond motifs is 2. The Bertz CT molecular complexity index is 440. The number of hydrogen-bond donors (Lipinski definition) is 1. The fraction of sp³-hybridized carbons (Fsp3) is 0.615. The number of allylic oxidation sites excluding steroid dienone is 1. The summed E-state index contributed by atoms with van der Waals surface area (Å²) in [6.45, 7) is 1.36. The molecule has 1 fully saturated rings. The first-order chi connectivity index (χ1) is 8.98. The van der Waals surface area contributed by atoms with E-state index in [1.807, 2.05) is 12.2 Å². The Morgan fingerprint density at radius 2 is 1.74 bits per heavy atom. The van der Waals surface area contributed by atoms with Crippen molar-refractivity contribution in [3.05, 3.63) is 12.2 Å². The molecule has 0 radical (unpaired) electrons. The zero-order valence-corrected chi connectivity index (χ0v) is 11.1. The van der Waals surface area contributed by atoms with Gasteiger partial charge in [-0.2, -0.15) is 0 Å². The monoisotopic (exact) mass is 267 g/mol. The summed E-state index contributed by atoms with van der Waals surface area (Å²) in [6.07, 6.45) is 4.39. The molecule has 1 saturated carbocycles. The molecular formula is C13H17NO5. The predicted octanol–water partition coefficient (Wildman–Crippen LogP) is 0.0294. The molecule has 104 valence electrons. The van der Waals surface area contributed by atoms with Crippen LogP contribution in [0.15, 0.2) is 12.2 Å². The summed E-state index contributed by atoms with van der Waals surface area (Å²) in [4.78, 5) is 35.8. The van der Waals surface area contributed by atoms with Crippen molar-refractivity contribution in [1.29, 1.82) is 0 Å². The molecule has 0 aliphatic heterocycles. The van der Waals surface area contributed by atoms with Gasteiger partial charge in [0.25, 0.3) is 0 Å². The summed E-state index contributed by atoms with van der Waals surface area (Å²) in [5.74, 6) is -1.95. The zero-order chi connectivity index (χ0) is 14.2. The summed E-state index contributed by atoms with van der Waals surface area (Å²) in [6, 6.07) is -0.611. The third-order valence-electron chi connectivity index (χ3n) is 4.03. The van der Waals surface area contributed by atoms with Crippen LogP contribution in [-0.2, 0) is 23.9 Å². The van der Waals surface area contributed by atoms with Crippen molar-refractivity contribution < 1.29 is 23.9 Å². The number of esters is 2. The number of hydrogen-bond acceptors (Lipinski definition) is 5. The van der Waals surface area contributed by atoms with Crippen LogP contribution in [-0.4, -0.2) is 38.1 Å². The molecule has 0 aromatic heterocycles. The molecule has 1 unspecified atom stereocenters. The molecule has 0 aromatic carbocycles. The maximum absolute atomic E-state index is 12.2. The fourth-order valence-corrected chi connectivity index (χ4v) is 3.30. The van der Waals surface area contributed by atoms with E-state index in [9.17, 15) is 14.4 Å². The van der Waals surface area contributed by atoms with Crippen molar-refractivity contribution in [2.24, 2.45) is 17.3 Å². The van der Waals surface area contributed by atoms with Gasteiger partial charge in [0.1, 0.15) is 0 Å². The SMILES string of the molecule is COC(=O)C1(C(=O)OC)C(NC(C)=O)[C@@H]2C=C[C@H]1C2. The first-order valence-corrected chi connectivity index (χ1v) is 6.10. The third-order valence-corrected chi connectivity index (χ3v) is 4.03. The molecule has 0 saturated heterocycles. The van der Waals surface area contributed by atoms with Gasteiger partial charge in [-0.15, -0.1) is 0 Å². The first-order valence-electron chi connectivity index (χ1n) is 6.10. The van der Waals surface area contributed by atoms with Gasteiger partial charge in [0.05, 0.1) is 20.3 Å². The van der Waals surface area contributed by atoms with E-state index < -0.39 is 23.4 Å².